The molecule has 6 nitrogen and oxygen atoms in total. The van der Waals surface area contributed by atoms with Crippen LogP contribution < -0.4 is 5.73 Å². The van der Waals surface area contributed by atoms with Crippen LogP contribution in [-0.4, -0.2) is 33.5 Å². The van der Waals surface area contributed by atoms with Gasteiger partial charge in [0, 0.05) is 19.0 Å². The van der Waals surface area contributed by atoms with Gasteiger partial charge in [0.2, 0.25) is 11.8 Å². The number of nitrogens with zero attached hydrogens (tertiary/aromatic N) is 3. The van der Waals surface area contributed by atoms with E-state index in [0.29, 0.717) is 24.2 Å². The van der Waals surface area contributed by atoms with Gasteiger partial charge in [-0.25, -0.2) is 0 Å². The Bertz CT molecular complexity index is 546. The lowest BCUT2D eigenvalue weighted by Gasteiger charge is -2.34. The second-order valence-corrected chi connectivity index (χ2v) is 6.85. The van der Waals surface area contributed by atoms with Gasteiger partial charge in [0.25, 0.3) is 0 Å². The summed E-state index contributed by atoms with van der Waals surface area (Å²) in [5, 5.41) is 4.06. The second-order valence-electron chi connectivity index (χ2n) is 6.85. The second kappa shape index (κ2) is 4.80. The molecule has 3 fully saturated rings. The van der Waals surface area contributed by atoms with Gasteiger partial charge in [0.05, 0.1) is 11.5 Å². The minimum Gasteiger partial charge on any atom is -0.339 e. The van der Waals surface area contributed by atoms with Gasteiger partial charge in [-0.15, -0.1) is 0 Å². The van der Waals surface area contributed by atoms with E-state index in [4.69, 9.17) is 10.3 Å². The SMILES string of the molecule is NC1(c2noc(C3CC(=O)N(C4CCCC4)C3)n2)CCC1. The minimum absolute atomic E-state index is 0.0445. The summed E-state index contributed by atoms with van der Waals surface area (Å²) in [6.07, 6.45) is 8.21. The molecule has 1 aliphatic heterocycles. The zero-order chi connectivity index (χ0) is 14.4. The first-order valence-electron chi connectivity index (χ1n) is 8.08. The largest absolute Gasteiger partial charge is 0.339 e. The molecule has 0 spiro atoms. The molecule has 1 unspecified atom stereocenters. The Kier molecular flexibility index (Phi) is 3.03. The van der Waals surface area contributed by atoms with Gasteiger partial charge in [0.1, 0.15) is 0 Å². The van der Waals surface area contributed by atoms with Crippen LogP contribution in [0.5, 0.6) is 0 Å². The number of amides is 1. The molecule has 0 bridgehead atoms. The fourth-order valence-corrected chi connectivity index (χ4v) is 3.85. The first-order chi connectivity index (χ1) is 10.2. The van der Waals surface area contributed by atoms with E-state index >= 15 is 0 Å². The van der Waals surface area contributed by atoms with Gasteiger partial charge in [-0.05, 0) is 32.1 Å². The molecule has 2 N–H and O–H groups in total. The third kappa shape index (κ3) is 2.16. The Morgan fingerprint density at radius 1 is 1.24 bits per heavy atom. The zero-order valence-electron chi connectivity index (χ0n) is 12.3. The van der Waals surface area contributed by atoms with Gasteiger partial charge in [-0.1, -0.05) is 18.0 Å². The van der Waals surface area contributed by atoms with E-state index < -0.39 is 5.54 Å². The van der Waals surface area contributed by atoms with Crippen LogP contribution in [0.15, 0.2) is 4.52 Å². The average Bonchev–Trinajstić information content (AvgIpc) is 3.15. The third-order valence-corrected chi connectivity index (χ3v) is 5.41. The maximum absolute atomic E-state index is 12.2. The quantitative estimate of drug-likeness (QED) is 0.915. The van der Waals surface area contributed by atoms with Crippen molar-refractivity contribution < 1.29 is 9.32 Å². The molecule has 0 radical (unpaired) electrons. The number of aromatic nitrogens is 2. The summed E-state index contributed by atoms with van der Waals surface area (Å²) in [5.41, 5.74) is 5.83. The highest BCUT2D eigenvalue weighted by Gasteiger charge is 2.42. The van der Waals surface area contributed by atoms with Gasteiger partial charge in [0.15, 0.2) is 5.82 Å². The molecule has 2 saturated carbocycles. The molecule has 1 aromatic heterocycles. The molecule has 1 aromatic rings. The van der Waals surface area contributed by atoms with E-state index in [2.05, 4.69) is 10.1 Å². The predicted molar refractivity (Wildman–Crippen MR) is 75.3 cm³/mol. The van der Waals surface area contributed by atoms with Gasteiger partial charge in [-0.3, -0.25) is 4.79 Å². The number of carbonyl (C=O) groups is 1. The summed E-state index contributed by atoms with van der Waals surface area (Å²) in [4.78, 5) is 18.8. The molecule has 0 aromatic carbocycles. The summed E-state index contributed by atoms with van der Waals surface area (Å²) in [6.45, 7) is 0.725. The molecule has 6 heteroatoms. The van der Waals surface area contributed by atoms with Crippen molar-refractivity contribution in [3.05, 3.63) is 11.7 Å². The molecule has 21 heavy (non-hydrogen) atoms. The number of nitrogens with two attached hydrogens (primary N) is 1. The summed E-state index contributed by atoms with van der Waals surface area (Å²) in [5.74, 6) is 1.49. The maximum atomic E-state index is 12.2. The summed E-state index contributed by atoms with van der Waals surface area (Å²) >= 11 is 0. The van der Waals surface area contributed by atoms with Crippen LogP contribution in [0.4, 0.5) is 0 Å². The van der Waals surface area contributed by atoms with Gasteiger partial charge >= 0.3 is 0 Å². The van der Waals surface area contributed by atoms with Gasteiger partial charge in [-0.2, -0.15) is 4.98 Å². The highest BCUT2D eigenvalue weighted by Crippen LogP contribution is 2.38. The molecule has 1 saturated heterocycles. The van der Waals surface area contributed by atoms with E-state index in [1.54, 1.807) is 0 Å². The molecule has 3 aliphatic rings. The molecule has 114 valence electrons. The standard InChI is InChI=1S/C15H22N4O2/c16-15(6-3-7-15)14-17-13(21-18-14)10-8-12(20)19(9-10)11-4-1-2-5-11/h10-11H,1-9,16H2. The Balaban J connectivity index is 1.48. The topological polar surface area (TPSA) is 85.2 Å². The Hall–Kier alpha value is -1.43. The zero-order valence-corrected chi connectivity index (χ0v) is 12.3. The van der Waals surface area contributed by atoms with Crippen molar-refractivity contribution in [3.63, 3.8) is 0 Å². The fraction of sp³-hybridized carbons (Fsp3) is 0.800. The third-order valence-electron chi connectivity index (χ3n) is 5.41. The fourth-order valence-electron chi connectivity index (χ4n) is 3.85. The van der Waals surface area contributed by atoms with Crippen molar-refractivity contribution in [2.24, 2.45) is 5.73 Å². The summed E-state index contributed by atoms with van der Waals surface area (Å²) in [7, 11) is 0. The van der Waals surface area contributed by atoms with Crippen LogP contribution in [0.3, 0.4) is 0 Å². The molecule has 4 rings (SSSR count). The van der Waals surface area contributed by atoms with Crippen LogP contribution >= 0.6 is 0 Å². The number of hydrogen-bond donors (Lipinski definition) is 1. The van der Waals surface area contributed by atoms with Crippen molar-refractivity contribution in [1.82, 2.24) is 15.0 Å². The number of carbonyl (C=O) groups excluding carboxylic acids is 1. The van der Waals surface area contributed by atoms with Crippen molar-refractivity contribution in [2.75, 3.05) is 6.54 Å². The van der Waals surface area contributed by atoms with Crippen molar-refractivity contribution >= 4 is 5.91 Å². The summed E-state index contributed by atoms with van der Waals surface area (Å²) in [6, 6.07) is 0.428. The van der Waals surface area contributed by atoms with Crippen molar-refractivity contribution in [3.8, 4) is 0 Å². The van der Waals surface area contributed by atoms with Crippen LogP contribution in [-0.2, 0) is 10.3 Å². The highest BCUT2D eigenvalue weighted by molar-refractivity contribution is 5.79. The average molecular weight is 290 g/mol. The van der Waals surface area contributed by atoms with Crippen LogP contribution in [0.2, 0.25) is 0 Å². The van der Waals surface area contributed by atoms with E-state index in [1.165, 1.54) is 12.8 Å². The monoisotopic (exact) mass is 290 g/mol. The smallest absolute Gasteiger partial charge is 0.232 e. The molecule has 1 atom stereocenters. The number of hydrogen-bond acceptors (Lipinski definition) is 5. The molecular weight excluding hydrogens is 268 g/mol. The first kappa shape index (κ1) is 13.2. The van der Waals surface area contributed by atoms with E-state index in [1.807, 2.05) is 4.90 Å². The molecular formula is C15H22N4O2. The van der Waals surface area contributed by atoms with E-state index in [-0.39, 0.29) is 11.8 Å². The minimum atomic E-state index is -0.393. The van der Waals surface area contributed by atoms with Crippen LogP contribution in [0, 0.1) is 0 Å². The number of rotatable bonds is 3. The lowest BCUT2D eigenvalue weighted by atomic mass is 9.77. The first-order valence-corrected chi connectivity index (χ1v) is 8.08. The molecule has 2 aliphatic carbocycles. The van der Waals surface area contributed by atoms with Crippen LogP contribution in [0.25, 0.3) is 0 Å². The Morgan fingerprint density at radius 3 is 2.67 bits per heavy atom. The Morgan fingerprint density at radius 2 is 2.00 bits per heavy atom. The molecule has 1 amide bonds. The van der Waals surface area contributed by atoms with E-state index in [0.717, 1.165) is 38.6 Å². The predicted octanol–water partition coefficient (Wildman–Crippen LogP) is 1.67. The lowest BCUT2D eigenvalue weighted by molar-refractivity contribution is -0.129. The van der Waals surface area contributed by atoms with Gasteiger partial charge < -0.3 is 15.2 Å². The maximum Gasteiger partial charge on any atom is 0.232 e. The van der Waals surface area contributed by atoms with Crippen molar-refractivity contribution in [2.45, 2.75) is 68.9 Å². The Labute approximate surface area is 124 Å². The van der Waals surface area contributed by atoms with Crippen LogP contribution in [0.1, 0.15) is 69.0 Å². The highest BCUT2D eigenvalue weighted by atomic mass is 16.5. The normalized spacial score (nSPS) is 29.1. The summed E-state index contributed by atoms with van der Waals surface area (Å²) < 4.78 is 5.41. The lowest BCUT2D eigenvalue weighted by Crippen LogP contribution is -2.44. The number of likely N-dealkylation sites (tertiary alicyclic amines) is 1. The molecule has 2 heterocycles. The van der Waals surface area contributed by atoms with E-state index in [9.17, 15) is 4.79 Å². The van der Waals surface area contributed by atoms with Crippen molar-refractivity contribution in [1.29, 1.82) is 0 Å².